The quantitative estimate of drug-likeness (QED) is 0.478. The van der Waals surface area contributed by atoms with Crippen molar-refractivity contribution >= 4 is 27.3 Å². The van der Waals surface area contributed by atoms with Gasteiger partial charge >= 0.3 is 6.18 Å². The molecule has 0 aliphatic carbocycles. The van der Waals surface area contributed by atoms with Crippen molar-refractivity contribution in [3.63, 3.8) is 0 Å². The van der Waals surface area contributed by atoms with Gasteiger partial charge in [-0.1, -0.05) is 0 Å². The standard InChI is InChI=1S/C9H12BrF3N2OS/c10-7-4-17-3-6(7)8(15-14)1-2-16-5-9(11,12)13/h3-4,8,15H,1-2,5,14H2. The molecule has 1 rings (SSSR count). The third kappa shape index (κ3) is 5.35. The van der Waals surface area contributed by atoms with Gasteiger partial charge in [-0.05, 0) is 33.3 Å². The van der Waals surface area contributed by atoms with E-state index in [0.29, 0.717) is 6.42 Å². The minimum atomic E-state index is -4.28. The second-order valence-corrected chi connectivity index (χ2v) is 4.95. The van der Waals surface area contributed by atoms with E-state index in [9.17, 15) is 13.2 Å². The number of hydrogen-bond acceptors (Lipinski definition) is 4. The van der Waals surface area contributed by atoms with Crippen LogP contribution in [0.25, 0.3) is 0 Å². The molecule has 0 saturated heterocycles. The predicted octanol–water partition coefficient (Wildman–Crippen LogP) is 2.98. The van der Waals surface area contributed by atoms with Gasteiger partial charge in [0, 0.05) is 16.5 Å². The van der Waals surface area contributed by atoms with Crippen LogP contribution >= 0.6 is 27.3 Å². The number of ether oxygens (including phenoxy) is 1. The number of hydrazine groups is 1. The largest absolute Gasteiger partial charge is 0.411 e. The van der Waals surface area contributed by atoms with Crippen LogP contribution in [-0.2, 0) is 4.74 Å². The molecule has 1 unspecified atom stereocenters. The lowest BCUT2D eigenvalue weighted by Gasteiger charge is -2.16. The molecule has 0 aliphatic rings. The van der Waals surface area contributed by atoms with Crippen molar-refractivity contribution in [3.05, 3.63) is 20.8 Å². The van der Waals surface area contributed by atoms with Crippen molar-refractivity contribution in [2.45, 2.75) is 18.6 Å². The van der Waals surface area contributed by atoms with Crippen LogP contribution in [0.3, 0.4) is 0 Å². The van der Waals surface area contributed by atoms with Crippen LogP contribution in [0, 0.1) is 0 Å². The first kappa shape index (κ1) is 14.9. The normalized spacial score (nSPS) is 13.9. The Morgan fingerprint density at radius 1 is 1.47 bits per heavy atom. The molecule has 8 heteroatoms. The fourth-order valence-electron chi connectivity index (χ4n) is 1.26. The van der Waals surface area contributed by atoms with Crippen molar-refractivity contribution in [3.8, 4) is 0 Å². The molecule has 0 aromatic carbocycles. The molecule has 0 amide bonds. The molecule has 0 fully saturated rings. The van der Waals surface area contributed by atoms with Crippen LogP contribution < -0.4 is 11.3 Å². The predicted molar refractivity (Wildman–Crippen MR) is 63.6 cm³/mol. The molecule has 0 aliphatic heterocycles. The second-order valence-electron chi connectivity index (χ2n) is 3.35. The number of thiophene rings is 1. The Morgan fingerprint density at radius 3 is 2.65 bits per heavy atom. The molecule has 1 heterocycles. The lowest BCUT2D eigenvalue weighted by atomic mass is 10.1. The maximum Gasteiger partial charge on any atom is 0.411 e. The number of halogens is 4. The second kappa shape index (κ2) is 6.69. The summed E-state index contributed by atoms with van der Waals surface area (Å²) >= 11 is 4.83. The first-order chi connectivity index (χ1) is 7.94. The fourth-order valence-corrected chi connectivity index (χ4v) is 2.89. The minimum absolute atomic E-state index is 0.00331. The lowest BCUT2D eigenvalue weighted by molar-refractivity contribution is -0.174. The van der Waals surface area contributed by atoms with Gasteiger partial charge in [-0.15, -0.1) is 0 Å². The third-order valence-corrected chi connectivity index (χ3v) is 3.79. The summed E-state index contributed by atoms with van der Waals surface area (Å²) in [4.78, 5) is 0. The zero-order valence-electron chi connectivity index (χ0n) is 8.76. The molecule has 3 N–H and O–H groups in total. The van der Waals surface area contributed by atoms with Gasteiger partial charge in [-0.3, -0.25) is 11.3 Å². The fraction of sp³-hybridized carbons (Fsp3) is 0.556. The van der Waals surface area contributed by atoms with Gasteiger partial charge in [0.25, 0.3) is 0 Å². The Balaban J connectivity index is 2.37. The summed E-state index contributed by atoms with van der Waals surface area (Å²) < 4.78 is 40.9. The van der Waals surface area contributed by atoms with E-state index in [0.717, 1.165) is 10.0 Å². The highest BCUT2D eigenvalue weighted by Gasteiger charge is 2.27. The highest BCUT2D eigenvalue weighted by molar-refractivity contribution is 9.10. The van der Waals surface area contributed by atoms with E-state index >= 15 is 0 Å². The lowest BCUT2D eigenvalue weighted by Crippen LogP contribution is -2.29. The summed E-state index contributed by atoms with van der Waals surface area (Å²) in [5.41, 5.74) is 3.48. The van der Waals surface area contributed by atoms with E-state index in [1.54, 1.807) is 0 Å². The monoisotopic (exact) mass is 332 g/mol. The summed E-state index contributed by atoms with van der Waals surface area (Å²) in [5.74, 6) is 5.36. The molecule has 98 valence electrons. The van der Waals surface area contributed by atoms with E-state index < -0.39 is 12.8 Å². The number of hydrogen-bond donors (Lipinski definition) is 2. The Hall–Kier alpha value is -0.150. The van der Waals surface area contributed by atoms with E-state index in [4.69, 9.17) is 5.84 Å². The molecule has 0 spiro atoms. The highest BCUT2D eigenvalue weighted by Crippen LogP contribution is 2.28. The van der Waals surface area contributed by atoms with Crippen molar-refractivity contribution in [1.29, 1.82) is 0 Å². The van der Waals surface area contributed by atoms with Gasteiger partial charge < -0.3 is 4.74 Å². The topological polar surface area (TPSA) is 47.3 Å². The zero-order valence-corrected chi connectivity index (χ0v) is 11.2. The van der Waals surface area contributed by atoms with E-state index in [-0.39, 0.29) is 12.6 Å². The molecule has 3 nitrogen and oxygen atoms in total. The molecule has 0 saturated carbocycles. The average Bonchev–Trinajstić information content (AvgIpc) is 2.63. The summed E-state index contributed by atoms with van der Waals surface area (Å²) in [6.07, 6.45) is -3.91. The van der Waals surface area contributed by atoms with E-state index in [2.05, 4.69) is 26.1 Å². The Bertz CT molecular complexity index is 345. The number of nitrogens with one attached hydrogen (secondary N) is 1. The number of alkyl halides is 3. The number of nitrogens with two attached hydrogens (primary N) is 1. The molecular weight excluding hydrogens is 321 g/mol. The maximum absolute atomic E-state index is 11.8. The summed E-state index contributed by atoms with van der Waals surface area (Å²) in [7, 11) is 0. The Kier molecular flexibility index (Phi) is 5.87. The molecule has 1 atom stereocenters. The van der Waals surface area contributed by atoms with Crippen LogP contribution in [0.1, 0.15) is 18.0 Å². The van der Waals surface area contributed by atoms with E-state index in [1.807, 2.05) is 10.8 Å². The van der Waals surface area contributed by atoms with Gasteiger partial charge in [0.15, 0.2) is 0 Å². The van der Waals surface area contributed by atoms with Crippen molar-refractivity contribution in [2.24, 2.45) is 5.84 Å². The van der Waals surface area contributed by atoms with E-state index in [1.165, 1.54) is 11.3 Å². The smallest absolute Gasteiger partial charge is 0.372 e. The molecule has 1 aromatic rings. The third-order valence-electron chi connectivity index (χ3n) is 2.04. The summed E-state index contributed by atoms with van der Waals surface area (Å²) in [6.45, 7) is -1.23. The molecule has 1 aromatic heterocycles. The maximum atomic E-state index is 11.8. The van der Waals surface area contributed by atoms with Crippen LogP contribution in [0.5, 0.6) is 0 Å². The molecule has 17 heavy (non-hydrogen) atoms. The molecular formula is C9H12BrF3N2OS. The summed E-state index contributed by atoms with van der Waals surface area (Å²) in [5, 5.41) is 3.77. The van der Waals surface area contributed by atoms with Crippen LogP contribution in [-0.4, -0.2) is 19.4 Å². The highest BCUT2D eigenvalue weighted by atomic mass is 79.9. The van der Waals surface area contributed by atoms with Gasteiger partial charge in [0.05, 0.1) is 6.04 Å². The van der Waals surface area contributed by atoms with Crippen molar-refractivity contribution < 1.29 is 17.9 Å². The summed E-state index contributed by atoms with van der Waals surface area (Å²) in [6, 6.07) is -0.219. The van der Waals surface area contributed by atoms with Crippen LogP contribution in [0.15, 0.2) is 15.2 Å². The Labute approximate surface area is 109 Å². The minimum Gasteiger partial charge on any atom is -0.372 e. The van der Waals surface area contributed by atoms with Crippen LogP contribution in [0.2, 0.25) is 0 Å². The molecule has 0 bridgehead atoms. The van der Waals surface area contributed by atoms with Crippen molar-refractivity contribution in [1.82, 2.24) is 5.43 Å². The van der Waals surface area contributed by atoms with Gasteiger partial charge in [0.1, 0.15) is 6.61 Å². The SMILES string of the molecule is NNC(CCOCC(F)(F)F)c1cscc1Br. The van der Waals surface area contributed by atoms with Crippen molar-refractivity contribution in [2.75, 3.05) is 13.2 Å². The van der Waals surface area contributed by atoms with Crippen LogP contribution in [0.4, 0.5) is 13.2 Å². The van der Waals surface area contributed by atoms with Gasteiger partial charge in [0.2, 0.25) is 0 Å². The zero-order chi connectivity index (χ0) is 12.9. The number of rotatable bonds is 6. The Morgan fingerprint density at radius 2 is 2.18 bits per heavy atom. The first-order valence-electron chi connectivity index (χ1n) is 4.76. The van der Waals surface area contributed by atoms with Gasteiger partial charge in [-0.25, -0.2) is 0 Å². The molecule has 0 radical (unpaired) electrons. The van der Waals surface area contributed by atoms with Gasteiger partial charge in [-0.2, -0.15) is 24.5 Å². The first-order valence-corrected chi connectivity index (χ1v) is 6.50. The average molecular weight is 333 g/mol.